The number of hydrogen-bond donors (Lipinski definition) is 0. The number of ether oxygens (including phenoxy) is 1. The smallest absolute Gasteiger partial charge is 0.315 e. The summed E-state index contributed by atoms with van der Waals surface area (Å²) in [4.78, 5) is 37.7. The van der Waals surface area contributed by atoms with Gasteiger partial charge in [-0.2, -0.15) is 5.26 Å². The van der Waals surface area contributed by atoms with Gasteiger partial charge in [0.15, 0.2) is 11.6 Å². The Morgan fingerprint density at radius 2 is 1.96 bits per heavy atom. The summed E-state index contributed by atoms with van der Waals surface area (Å²) in [6, 6.07) is 2.15. The zero-order valence-electron chi connectivity index (χ0n) is 15.3. The Morgan fingerprint density at radius 3 is 2.56 bits per heavy atom. The molecule has 134 valence electrons. The second kappa shape index (κ2) is 5.52. The van der Waals surface area contributed by atoms with Crippen molar-refractivity contribution < 1.29 is 19.1 Å². The van der Waals surface area contributed by atoms with E-state index < -0.39 is 22.2 Å². The van der Waals surface area contributed by atoms with Crippen LogP contribution in [0.3, 0.4) is 0 Å². The lowest BCUT2D eigenvalue weighted by atomic mass is 9.42. The lowest BCUT2D eigenvalue weighted by Gasteiger charge is -2.60. The Kier molecular flexibility index (Phi) is 3.94. The van der Waals surface area contributed by atoms with Crippen LogP contribution in [0.5, 0.6) is 0 Å². The molecule has 2 saturated carbocycles. The Balaban J connectivity index is 2.20. The van der Waals surface area contributed by atoms with Gasteiger partial charge >= 0.3 is 5.97 Å². The first-order valence-corrected chi connectivity index (χ1v) is 8.91. The van der Waals surface area contributed by atoms with Crippen molar-refractivity contribution in [3.8, 4) is 6.07 Å². The van der Waals surface area contributed by atoms with Gasteiger partial charge in [-0.25, -0.2) is 0 Å². The number of hydrogen-bond acceptors (Lipinski definition) is 5. The number of ketones is 2. The van der Waals surface area contributed by atoms with E-state index in [1.165, 1.54) is 7.11 Å². The largest absolute Gasteiger partial charge is 0.468 e. The first-order chi connectivity index (χ1) is 11.6. The van der Waals surface area contributed by atoms with Gasteiger partial charge in [-0.1, -0.05) is 20.8 Å². The number of esters is 1. The van der Waals surface area contributed by atoms with E-state index in [2.05, 4.69) is 6.07 Å². The fraction of sp³-hybridized carbons (Fsp3) is 0.700. The van der Waals surface area contributed by atoms with Crippen molar-refractivity contribution in [1.82, 2.24) is 0 Å². The van der Waals surface area contributed by atoms with E-state index in [-0.39, 0.29) is 23.5 Å². The fourth-order valence-corrected chi connectivity index (χ4v) is 5.87. The molecular weight excluding hydrogens is 318 g/mol. The van der Waals surface area contributed by atoms with Crippen LogP contribution >= 0.6 is 0 Å². The van der Waals surface area contributed by atoms with Gasteiger partial charge in [0.2, 0.25) is 0 Å². The molecule has 4 atom stereocenters. The zero-order valence-corrected chi connectivity index (χ0v) is 15.3. The summed E-state index contributed by atoms with van der Waals surface area (Å²) in [6.07, 6.45) is 4.09. The zero-order chi connectivity index (χ0) is 18.6. The molecule has 3 aliphatic rings. The van der Waals surface area contributed by atoms with E-state index in [0.717, 1.165) is 5.57 Å². The third-order valence-electron chi connectivity index (χ3n) is 7.05. The van der Waals surface area contributed by atoms with Crippen LogP contribution in [0.25, 0.3) is 0 Å². The van der Waals surface area contributed by atoms with Crippen molar-refractivity contribution in [2.75, 3.05) is 7.11 Å². The van der Waals surface area contributed by atoms with E-state index in [0.29, 0.717) is 32.1 Å². The summed E-state index contributed by atoms with van der Waals surface area (Å²) >= 11 is 0. The highest BCUT2D eigenvalue weighted by atomic mass is 16.5. The minimum absolute atomic E-state index is 0.00651. The second-order valence-corrected chi connectivity index (χ2v) is 8.58. The first-order valence-electron chi connectivity index (χ1n) is 8.91. The standard InChI is InChI=1S/C20H25NO4/c1-18(2)14-6-8-20(17(24)25-4)7-5-13(22)9-15(20)19(14,3)10-12(11-21)16(18)23/h9,12,14H,5-8,10H2,1-4H3/t12?,14-,19-,20-/m0/s1. The molecule has 0 N–H and O–H groups in total. The van der Waals surface area contributed by atoms with Crippen LogP contribution in [-0.2, 0) is 19.1 Å². The van der Waals surface area contributed by atoms with Crippen molar-refractivity contribution in [2.24, 2.45) is 28.1 Å². The summed E-state index contributed by atoms with van der Waals surface area (Å²) in [7, 11) is 1.38. The first kappa shape index (κ1) is 17.8. The molecule has 1 unspecified atom stereocenters. The summed E-state index contributed by atoms with van der Waals surface area (Å²) in [5, 5.41) is 9.52. The average Bonchev–Trinajstić information content (AvgIpc) is 2.58. The van der Waals surface area contributed by atoms with E-state index in [1.807, 2.05) is 20.8 Å². The average molecular weight is 343 g/mol. The molecular formula is C20H25NO4. The molecule has 0 aliphatic heterocycles. The third-order valence-corrected chi connectivity index (χ3v) is 7.05. The van der Waals surface area contributed by atoms with Crippen molar-refractivity contribution in [1.29, 1.82) is 5.26 Å². The molecule has 0 aromatic carbocycles. The number of methoxy groups -OCH3 is 1. The molecule has 3 aliphatic carbocycles. The van der Waals surface area contributed by atoms with Crippen LogP contribution in [0, 0.1) is 39.4 Å². The minimum atomic E-state index is -0.787. The Hall–Kier alpha value is -1.96. The molecule has 25 heavy (non-hydrogen) atoms. The van der Waals surface area contributed by atoms with Gasteiger partial charge in [-0.3, -0.25) is 14.4 Å². The highest BCUT2D eigenvalue weighted by Gasteiger charge is 2.64. The predicted molar refractivity (Wildman–Crippen MR) is 90.1 cm³/mol. The topological polar surface area (TPSA) is 84.2 Å². The van der Waals surface area contributed by atoms with E-state index in [9.17, 15) is 19.6 Å². The maximum absolute atomic E-state index is 12.8. The number of carbonyl (C=O) groups excluding carboxylic acids is 3. The monoisotopic (exact) mass is 343 g/mol. The molecule has 0 aromatic rings. The van der Waals surface area contributed by atoms with Crippen LogP contribution in [0.1, 0.15) is 52.9 Å². The van der Waals surface area contributed by atoms with Crippen LogP contribution in [0.4, 0.5) is 0 Å². The summed E-state index contributed by atoms with van der Waals surface area (Å²) < 4.78 is 5.11. The van der Waals surface area contributed by atoms with E-state index in [4.69, 9.17) is 4.74 Å². The fourth-order valence-electron chi connectivity index (χ4n) is 5.87. The summed E-state index contributed by atoms with van der Waals surface area (Å²) in [6.45, 7) is 5.83. The molecule has 2 fully saturated rings. The molecule has 5 heteroatoms. The third kappa shape index (κ3) is 2.23. The number of fused-ring (bicyclic) bond motifs is 3. The maximum Gasteiger partial charge on any atom is 0.315 e. The van der Waals surface area contributed by atoms with E-state index >= 15 is 0 Å². The number of nitriles is 1. The molecule has 0 aromatic heterocycles. The Labute approximate surface area is 148 Å². The summed E-state index contributed by atoms with van der Waals surface area (Å²) in [5.41, 5.74) is -1.18. The predicted octanol–water partition coefficient (Wildman–Crippen LogP) is 2.99. The van der Waals surface area contributed by atoms with Gasteiger partial charge in [0.25, 0.3) is 0 Å². The quantitative estimate of drug-likeness (QED) is 0.683. The second-order valence-electron chi connectivity index (χ2n) is 8.58. The van der Waals surface area contributed by atoms with Gasteiger partial charge in [0.05, 0.1) is 18.6 Å². The van der Waals surface area contributed by atoms with Crippen molar-refractivity contribution in [3.05, 3.63) is 11.6 Å². The van der Waals surface area contributed by atoms with Gasteiger partial charge in [-0.15, -0.1) is 0 Å². The molecule has 3 rings (SSSR count). The SMILES string of the molecule is COC(=O)[C@]12CCC(=O)C=C1[C@@]1(C)CC(C#N)C(=O)C(C)(C)[C@@H]1CC2. The highest BCUT2D eigenvalue weighted by Crippen LogP contribution is 2.66. The maximum atomic E-state index is 12.8. The van der Waals surface area contributed by atoms with Gasteiger partial charge in [0.1, 0.15) is 5.92 Å². The van der Waals surface area contributed by atoms with Gasteiger partial charge in [0, 0.05) is 11.8 Å². The lowest BCUT2D eigenvalue weighted by Crippen LogP contribution is -2.59. The van der Waals surface area contributed by atoms with Crippen molar-refractivity contribution >= 4 is 17.5 Å². The number of nitrogens with zero attached hydrogens (tertiary/aromatic N) is 1. The summed E-state index contributed by atoms with van der Waals surface area (Å²) in [5.74, 6) is -1.01. The molecule has 0 heterocycles. The molecule has 0 saturated heterocycles. The minimum Gasteiger partial charge on any atom is -0.468 e. The van der Waals surface area contributed by atoms with Crippen molar-refractivity contribution in [3.63, 3.8) is 0 Å². The van der Waals surface area contributed by atoms with Crippen LogP contribution in [-0.4, -0.2) is 24.6 Å². The number of Topliss-reactive ketones (excluding diaryl/α,β-unsaturated/α-hetero) is 1. The number of rotatable bonds is 1. The van der Waals surface area contributed by atoms with Crippen molar-refractivity contribution in [2.45, 2.75) is 52.9 Å². The molecule has 0 radical (unpaired) electrons. The highest BCUT2D eigenvalue weighted by molar-refractivity contribution is 5.96. The molecule has 0 spiro atoms. The molecule has 0 bridgehead atoms. The van der Waals surface area contributed by atoms with Crippen LogP contribution in [0.2, 0.25) is 0 Å². The Morgan fingerprint density at radius 1 is 1.28 bits per heavy atom. The lowest BCUT2D eigenvalue weighted by molar-refractivity contribution is -0.160. The molecule has 5 nitrogen and oxygen atoms in total. The van der Waals surface area contributed by atoms with Crippen LogP contribution < -0.4 is 0 Å². The normalized spacial score (nSPS) is 39.6. The van der Waals surface area contributed by atoms with Gasteiger partial charge in [-0.05, 0) is 48.7 Å². The Bertz CT molecular complexity index is 728. The van der Waals surface area contributed by atoms with E-state index in [1.54, 1.807) is 6.08 Å². The van der Waals surface area contributed by atoms with Gasteiger partial charge < -0.3 is 4.74 Å². The van der Waals surface area contributed by atoms with Crippen LogP contribution in [0.15, 0.2) is 11.6 Å². The number of carbonyl (C=O) groups is 3. The molecule has 0 amide bonds. The number of allylic oxidation sites excluding steroid dienone is 1.